The van der Waals surface area contributed by atoms with Gasteiger partial charge in [-0.05, 0) is 68.5 Å². The van der Waals surface area contributed by atoms with Crippen LogP contribution in [-0.2, 0) is 29.8 Å². The topological polar surface area (TPSA) is 102 Å². The summed E-state index contributed by atoms with van der Waals surface area (Å²) in [6.45, 7) is 2.55. The van der Waals surface area contributed by atoms with Crippen molar-refractivity contribution in [1.82, 2.24) is 4.31 Å². The Kier molecular flexibility index (Phi) is 7.40. The second-order valence-corrected chi connectivity index (χ2v) is 11.2. The fourth-order valence-electron chi connectivity index (χ4n) is 4.45. The van der Waals surface area contributed by atoms with Crippen LogP contribution >= 0.6 is 11.6 Å². The van der Waals surface area contributed by atoms with Crippen LogP contribution in [0.25, 0.3) is 0 Å². The van der Waals surface area contributed by atoms with E-state index in [-0.39, 0.29) is 28.3 Å². The number of sulfonamides is 1. The molecule has 1 heterocycles. The van der Waals surface area contributed by atoms with Crippen LogP contribution in [0.5, 0.6) is 5.75 Å². The van der Waals surface area contributed by atoms with Gasteiger partial charge < -0.3 is 14.8 Å². The van der Waals surface area contributed by atoms with E-state index in [1.54, 1.807) is 19.1 Å². The SMILES string of the molecule is CCOC(=O)C1(c2ccc(NC(=O)[C@@H]3CCCN(S(=O)(=O)c4ccc(OC)c(Cl)c4)C3)cc2)CC1. The lowest BCUT2D eigenvalue weighted by atomic mass is 9.95. The van der Waals surface area contributed by atoms with Gasteiger partial charge >= 0.3 is 5.97 Å². The minimum absolute atomic E-state index is 0.0653. The van der Waals surface area contributed by atoms with E-state index in [4.69, 9.17) is 21.1 Å². The minimum atomic E-state index is -3.81. The van der Waals surface area contributed by atoms with Crippen LogP contribution in [0, 0.1) is 5.92 Å². The maximum absolute atomic E-state index is 13.2. The number of hydrogen-bond acceptors (Lipinski definition) is 6. The highest BCUT2D eigenvalue weighted by molar-refractivity contribution is 7.89. The van der Waals surface area contributed by atoms with Crippen LogP contribution in [0.4, 0.5) is 5.69 Å². The third kappa shape index (κ3) is 5.17. The van der Waals surface area contributed by atoms with Crippen molar-refractivity contribution in [3.05, 3.63) is 53.1 Å². The van der Waals surface area contributed by atoms with Gasteiger partial charge in [0, 0.05) is 18.8 Å². The van der Waals surface area contributed by atoms with Crippen molar-refractivity contribution >= 4 is 39.2 Å². The summed E-state index contributed by atoms with van der Waals surface area (Å²) in [6.07, 6.45) is 2.67. The first-order valence-electron chi connectivity index (χ1n) is 11.6. The smallest absolute Gasteiger partial charge is 0.316 e. The molecule has 35 heavy (non-hydrogen) atoms. The lowest BCUT2D eigenvalue weighted by Gasteiger charge is -2.31. The zero-order valence-corrected chi connectivity index (χ0v) is 21.3. The van der Waals surface area contributed by atoms with Crippen LogP contribution in [-0.4, -0.2) is 51.4 Å². The molecule has 0 unspecified atom stereocenters. The Hall–Kier alpha value is -2.62. The largest absolute Gasteiger partial charge is 0.495 e. The number of ether oxygens (including phenoxy) is 2. The van der Waals surface area contributed by atoms with E-state index in [9.17, 15) is 18.0 Å². The maximum Gasteiger partial charge on any atom is 0.316 e. The molecule has 1 N–H and O–H groups in total. The highest BCUT2D eigenvalue weighted by atomic mass is 35.5. The molecule has 10 heteroatoms. The molecule has 2 fully saturated rings. The molecule has 1 aliphatic heterocycles. The number of halogens is 1. The van der Waals surface area contributed by atoms with E-state index in [2.05, 4.69) is 5.32 Å². The van der Waals surface area contributed by atoms with E-state index >= 15 is 0 Å². The summed E-state index contributed by atoms with van der Waals surface area (Å²) in [5, 5.41) is 3.09. The number of piperidine rings is 1. The van der Waals surface area contributed by atoms with Crippen molar-refractivity contribution in [2.75, 3.05) is 32.1 Å². The second-order valence-electron chi connectivity index (χ2n) is 8.87. The highest BCUT2D eigenvalue weighted by Gasteiger charge is 2.52. The van der Waals surface area contributed by atoms with Crippen LogP contribution in [0.2, 0.25) is 5.02 Å². The Labute approximate surface area is 210 Å². The Morgan fingerprint density at radius 1 is 1.17 bits per heavy atom. The third-order valence-electron chi connectivity index (χ3n) is 6.64. The molecular weight excluding hydrogens is 492 g/mol. The maximum atomic E-state index is 13.2. The number of hydrogen-bond donors (Lipinski definition) is 1. The summed E-state index contributed by atoms with van der Waals surface area (Å²) in [6, 6.07) is 11.5. The number of benzene rings is 2. The van der Waals surface area contributed by atoms with E-state index in [1.165, 1.54) is 29.6 Å². The molecule has 1 atom stereocenters. The Morgan fingerprint density at radius 2 is 1.89 bits per heavy atom. The molecule has 0 spiro atoms. The molecule has 0 aromatic heterocycles. The predicted molar refractivity (Wildman–Crippen MR) is 132 cm³/mol. The average Bonchev–Trinajstić information content (AvgIpc) is 3.67. The minimum Gasteiger partial charge on any atom is -0.495 e. The van der Waals surface area contributed by atoms with E-state index < -0.39 is 21.4 Å². The van der Waals surface area contributed by atoms with Crippen molar-refractivity contribution in [1.29, 1.82) is 0 Å². The van der Waals surface area contributed by atoms with E-state index in [0.29, 0.717) is 37.4 Å². The molecule has 4 rings (SSSR count). The second kappa shape index (κ2) is 10.2. The Bertz CT molecular complexity index is 1210. The third-order valence-corrected chi connectivity index (χ3v) is 8.79. The Morgan fingerprint density at radius 3 is 2.49 bits per heavy atom. The summed E-state index contributed by atoms with van der Waals surface area (Å²) >= 11 is 6.12. The molecular formula is C25H29ClN2O6S. The van der Waals surface area contributed by atoms with E-state index in [1.807, 2.05) is 12.1 Å². The number of esters is 1. The lowest BCUT2D eigenvalue weighted by molar-refractivity contribution is -0.146. The molecule has 8 nitrogen and oxygen atoms in total. The number of carbonyl (C=O) groups is 2. The van der Waals surface area contributed by atoms with Crippen molar-refractivity contribution in [3.63, 3.8) is 0 Å². The zero-order valence-electron chi connectivity index (χ0n) is 19.8. The van der Waals surface area contributed by atoms with Crippen molar-refractivity contribution in [2.24, 2.45) is 5.92 Å². The highest BCUT2D eigenvalue weighted by Crippen LogP contribution is 2.49. The molecule has 1 aliphatic carbocycles. The summed E-state index contributed by atoms with van der Waals surface area (Å²) in [5.74, 6) is -0.543. The standard InChI is InChI=1S/C25H29ClN2O6S/c1-3-34-24(30)25(12-13-25)18-6-8-19(9-7-18)27-23(29)17-5-4-14-28(16-17)35(31,32)20-10-11-22(33-2)21(26)15-20/h6-11,15,17H,3-5,12-14,16H2,1-2H3,(H,27,29)/t17-/m1/s1. The van der Waals surface area contributed by atoms with Crippen LogP contribution in [0.3, 0.4) is 0 Å². The van der Waals surface area contributed by atoms with Gasteiger partial charge in [-0.2, -0.15) is 4.31 Å². The molecule has 2 aliphatic rings. The number of methoxy groups -OCH3 is 1. The molecule has 2 aromatic carbocycles. The number of amides is 1. The number of anilines is 1. The quantitative estimate of drug-likeness (QED) is 0.528. The summed E-state index contributed by atoms with van der Waals surface area (Å²) in [4.78, 5) is 25.3. The normalized spacial score (nSPS) is 19.6. The first kappa shape index (κ1) is 25.5. The lowest BCUT2D eigenvalue weighted by Crippen LogP contribution is -2.43. The summed E-state index contributed by atoms with van der Waals surface area (Å²) < 4.78 is 38.0. The van der Waals surface area contributed by atoms with Crippen LogP contribution < -0.4 is 10.1 Å². The molecule has 188 valence electrons. The molecule has 1 amide bonds. The molecule has 1 saturated heterocycles. The van der Waals surface area contributed by atoms with Crippen molar-refractivity contribution in [3.8, 4) is 5.75 Å². The van der Waals surface area contributed by atoms with Gasteiger partial charge in [-0.25, -0.2) is 8.42 Å². The fourth-order valence-corrected chi connectivity index (χ4v) is 6.33. The van der Waals surface area contributed by atoms with Gasteiger partial charge in [-0.1, -0.05) is 23.7 Å². The summed E-state index contributed by atoms with van der Waals surface area (Å²) in [7, 11) is -2.35. The predicted octanol–water partition coefficient (Wildman–Crippen LogP) is 3.98. The van der Waals surface area contributed by atoms with Gasteiger partial charge in [0.25, 0.3) is 0 Å². The Balaban J connectivity index is 1.41. The van der Waals surface area contributed by atoms with Crippen LogP contribution in [0.15, 0.2) is 47.4 Å². The number of nitrogens with one attached hydrogen (secondary N) is 1. The van der Waals surface area contributed by atoms with Gasteiger partial charge in [0.15, 0.2) is 0 Å². The van der Waals surface area contributed by atoms with Gasteiger partial charge in [0.1, 0.15) is 5.75 Å². The van der Waals surface area contributed by atoms with E-state index in [0.717, 1.165) is 18.4 Å². The average molecular weight is 521 g/mol. The van der Waals surface area contributed by atoms with Gasteiger partial charge in [0.2, 0.25) is 15.9 Å². The first-order valence-corrected chi connectivity index (χ1v) is 13.5. The molecule has 2 aromatic rings. The van der Waals surface area contributed by atoms with Gasteiger partial charge in [0.05, 0.1) is 35.0 Å². The molecule has 0 bridgehead atoms. The van der Waals surface area contributed by atoms with Gasteiger partial charge in [-0.3, -0.25) is 9.59 Å². The van der Waals surface area contributed by atoms with Crippen molar-refractivity contribution < 1.29 is 27.5 Å². The number of rotatable bonds is 8. The van der Waals surface area contributed by atoms with Crippen molar-refractivity contribution in [2.45, 2.75) is 42.9 Å². The number of carbonyl (C=O) groups excluding carboxylic acids is 2. The molecule has 1 saturated carbocycles. The molecule has 0 radical (unpaired) electrons. The zero-order chi connectivity index (χ0) is 25.2. The van der Waals surface area contributed by atoms with Crippen LogP contribution in [0.1, 0.15) is 38.2 Å². The first-order chi connectivity index (χ1) is 16.7. The number of nitrogens with zero attached hydrogens (tertiary/aromatic N) is 1. The monoisotopic (exact) mass is 520 g/mol. The fraction of sp³-hybridized carbons (Fsp3) is 0.440. The summed E-state index contributed by atoms with van der Waals surface area (Å²) in [5.41, 5.74) is 0.906. The van der Waals surface area contributed by atoms with Gasteiger partial charge in [-0.15, -0.1) is 0 Å².